The van der Waals surface area contributed by atoms with Gasteiger partial charge in [-0.1, -0.05) is 24.3 Å². The van der Waals surface area contributed by atoms with Crippen LogP contribution in [0.2, 0.25) is 0 Å². The second kappa shape index (κ2) is 6.99. The number of hydrogen-bond donors (Lipinski definition) is 0. The number of carbonyl (C=O) groups is 1. The fourth-order valence-electron chi connectivity index (χ4n) is 6.14. The fourth-order valence-corrected chi connectivity index (χ4v) is 6.31. The lowest BCUT2D eigenvalue weighted by Crippen LogP contribution is -2.90. The first-order chi connectivity index (χ1) is 16.2. The van der Waals surface area contributed by atoms with Gasteiger partial charge in [-0.15, -0.1) is 0 Å². The summed E-state index contributed by atoms with van der Waals surface area (Å²) in [7, 11) is 2.05. The summed E-state index contributed by atoms with van der Waals surface area (Å²) in [6.07, 6.45) is 10.5. The summed E-state index contributed by atoms with van der Waals surface area (Å²) in [5, 5.41) is 0.953. The molecule has 1 aromatic carbocycles. The lowest BCUT2D eigenvalue weighted by molar-refractivity contribution is -0.143. The summed E-state index contributed by atoms with van der Waals surface area (Å²) >= 11 is 6.55. The summed E-state index contributed by atoms with van der Waals surface area (Å²) in [5.41, 5.74) is 2.24. The average molecular weight is 480 g/mol. The van der Waals surface area contributed by atoms with Crippen molar-refractivity contribution in [2.75, 3.05) is 20.1 Å². The quantitative estimate of drug-likeness (QED) is 0.494. The van der Waals surface area contributed by atoms with Gasteiger partial charge in [-0.25, -0.2) is 9.37 Å². The highest BCUT2D eigenvalue weighted by molar-refractivity contribution is 6.32. The van der Waals surface area contributed by atoms with E-state index in [0.29, 0.717) is 33.7 Å². The van der Waals surface area contributed by atoms with E-state index in [1.165, 1.54) is 18.5 Å². The highest BCUT2D eigenvalue weighted by Gasteiger charge is 2.74. The third-order valence-corrected chi connectivity index (χ3v) is 8.64. The van der Waals surface area contributed by atoms with Gasteiger partial charge in [0.25, 0.3) is 5.56 Å². The molecule has 6 rings (SSSR count). The number of fused-ring (bicyclic) bond motifs is 3. The summed E-state index contributed by atoms with van der Waals surface area (Å²) in [5.74, 6) is -0.644. The Balaban J connectivity index is 1.55. The van der Waals surface area contributed by atoms with E-state index in [1.807, 2.05) is 19.1 Å². The third-order valence-electron chi connectivity index (χ3n) is 8.23. The standard InChI is InChI=1S/C26H25ClFN4O2/c1-4-22(33)30-12-26(13-30)23-15(2)19(27)6-5-7-21(23)32(26,3)17-10-18-24(20(28)11-17)29-14-31(25(18)34)16-8-9-16/h4-7,10-11,14,16,21H,1,8-9,12-13H2,2-3H3/q+1. The highest BCUT2D eigenvalue weighted by Crippen LogP contribution is 2.58. The molecule has 3 fully saturated rings. The zero-order valence-electron chi connectivity index (χ0n) is 19.1. The molecule has 174 valence electrons. The number of aromatic nitrogens is 2. The van der Waals surface area contributed by atoms with Crippen LogP contribution < -0.4 is 10.0 Å². The van der Waals surface area contributed by atoms with Gasteiger partial charge in [0.2, 0.25) is 5.91 Å². The SMILES string of the molecule is C=CC(=O)N1CC2(C1)C1=C(C)C(Cl)=CC=CC1[N+]2(C)c1cc(F)c2ncn(C3CC3)c(=O)c2c1. The Hall–Kier alpha value is -3.03. The van der Waals surface area contributed by atoms with Gasteiger partial charge in [0.15, 0.2) is 11.4 Å². The van der Waals surface area contributed by atoms with Crippen molar-refractivity contribution in [3.05, 3.63) is 81.7 Å². The molecule has 3 heterocycles. The molecule has 0 bridgehead atoms. The number of benzene rings is 1. The molecule has 34 heavy (non-hydrogen) atoms. The van der Waals surface area contributed by atoms with Gasteiger partial charge in [-0.3, -0.25) is 18.6 Å². The highest BCUT2D eigenvalue weighted by atomic mass is 35.5. The Bertz CT molecular complexity index is 1440. The molecular weight excluding hydrogens is 455 g/mol. The largest absolute Gasteiger partial charge is 0.326 e. The van der Waals surface area contributed by atoms with E-state index in [9.17, 15) is 9.59 Å². The number of halogens is 2. The number of likely N-dealkylation sites (tertiary alicyclic amines) is 2. The van der Waals surface area contributed by atoms with Crippen LogP contribution in [0.15, 0.2) is 70.3 Å². The van der Waals surface area contributed by atoms with Gasteiger partial charge in [-0.05, 0) is 43.6 Å². The van der Waals surface area contributed by atoms with Crippen molar-refractivity contribution in [2.24, 2.45) is 0 Å². The maximum Gasteiger partial charge on any atom is 0.261 e. The first-order valence-corrected chi connectivity index (χ1v) is 11.8. The maximum atomic E-state index is 15.4. The summed E-state index contributed by atoms with van der Waals surface area (Å²) < 4.78 is 17.4. The van der Waals surface area contributed by atoms with E-state index >= 15 is 4.39 Å². The average Bonchev–Trinajstić information content (AvgIpc) is 3.63. The normalized spacial score (nSPS) is 27.1. The van der Waals surface area contributed by atoms with Gasteiger partial charge in [-0.2, -0.15) is 0 Å². The predicted molar refractivity (Wildman–Crippen MR) is 131 cm³/mol. The number of carbonyl (C=O) groups excluding carboxylic acids is 1. The summed E-state index contributed by atoms with van der Waals surface area (Å²) in [6.45, 7) is 6.54. The summed E-state index contributed by atoms with van der Waals surface area (Å²) in [4.78, 5) is 31.6. The molecule has 0 N–H and O–H groups in total. The number of rotatable bonds is 3. The molecule has 2 unspecified atom stereocenters. The lowest BCUT2D eigenvalue weighted by atomic mass is 9.63. The van der Waals surface area contributed by atoms with Crippen LogP contribution in [0.5, 0.6) is 0 Å². The van der Waals surface area contributed by atoms with Crippen molar-refractivity contribution in [1.82, 2.24) is 18.9 Å². The first-order valence-electron chi connectivity index (χ1n) is 11.5. The van der Waals surface area contributed by atoms with Gasteiger partial charge in [0, 0.05) is 23.2 Å². The van der Waals surface area contributed by atoms with E-state index in [4.69, 9.17) is 11.6 Å². The Morgan fingerprint density at radius 2 is 2.09 bits per heavy atom. The van der Waals surface area contributed by atoms with Crippen molar-refractivity contribution in [3.63, 3.8) is 0 Å². The van der Waals surface area contributed by atoms with Crippen LogP contribution in [0, 0.1) is 5.82 Å². The van der Waals surface area contributed by atoms with E-state index in [1.54, 1.807) is 15.5 Å². The molecule has 1 aromatic heterocycles. The van der Waals surface area contributed by atoms with Crippen LogP contribution in [-0.2, 0) is 4.79 Å². The number of amides is 1. The van der Waals surface area contributed by atoms with Crippen LogP contribution in [0.4, 0.5) is 10.1 Å². The van der Waals surface area contributed by atoms with Crippen molar-refractivity contribution in [2.45, 2.75) is 37.4 Å². The monoisotopic (exact) mass is 479 g/mol. The number of likely N-dealkylation sites (N-methyl/N-ethyl adjacent to an activating group) is 1. The molecule has 1 saturated carbocycles. The smallest absolute Gasteiger partial charge is 0.261 e. The van der Waals surface area contributed by atoms with Crippen molar-refractivity contribution < 1.29 is 9.18 Å². The van der Waals surface area contributed by atoms with Gasteiger partial charge in [0.05, 0.1) is 37.4 Å². The van der Waals surface area contributed by atoms with Gasteiger partial charge >= 0.3 is 0 Å². The molecular formula is C26H25ClFN4O2+. The Labute approximate surface area is 201 Å². The van der Waals surface area contributed by atoms with Crippen LogP contribution in [-0.4, -0.2) is 52.1 Å². The molecule has 2 aliphatic carbocycles. The minimum atomic E-state index is -0.511. The van der Waals surface area contributed by atoms with Gasteiger partial charge in [0.1, 0.15) is 17.2 Å². The molecule has 1 amide bonds. The van der Waals surface area contributed by atoms with Crippen molar-refractivity contribution >= 4 is 34.1 Å². The second-order valence-electron chi connectivity index (χ2n) is 9.90. The minimum absolute atomic E-state index is 0.0901. The Morgan fingerprint density at radius 1 is 1.35 bits per heavy atom. The van der Waals surface area contributed by atoms with E-state index in [0.717, 1.165) is 24.0 Å². The molecule has 2 aliphatic heterocycles. The van der Waals surface area contributed by atoms with Crippen molar-refractivity contribution in [1.29, 1.82) is 0 Å². The minimum Gasteiger partial charge on any atom is -0.326 e. The third kappa shape index (κ3) is 2.57. The van der Waals surface area contributed by atoms with Gasteiger partial charge < -0.3 is 4.90 Å². The number of nitrogens with zero attached hydrogens (tertiary/aromatic N) is 4. The molecule has 2 aromatic rings. The number of hydrogen-bond acceptors (Lipinski definition) is 3. The summed E-state index contributed by atoms with van der Waals surface area (Å²) in [6, 6.07) is 3.35. The first kappa shape index (κ1) is 21.5. The van der Waals surface area contributed by atoms with Crippen LogP contribution >= 0.6 is 11.6 Å². The Kier molecular flexibility index (Phi) is 4.42. The van der Waals surface area contributed by atoms with Crippen molar-refractivity contribution in [3.8, 4) is 0 Å². The fraction of sp³-hybridized carbons (Fsp3) is 0.346. The van der Waals surface area contributed by atoms with E-state index in [2.05, 4.69) is 24.7 Å². The molecule has 2 saturated heterocycles. The number of allylic oxidation sites excluding steroid dienone is 4. The zero-order valence-corrected chi connectivity index (χ0v) is 19.8. The van der Waals surface area contributed by atoms with Crippen LogP contribution in [0.25, 0.3) is 10.9 Å². The van der Waals surface area contributed by atoms with Crippen LogP contribution in [0.3, 0.4) is 0 Å². The molecule has 8 heteroatoms. The molecule has 4 aliphatic rings. The topological polar surface area (TPSA) is 55.2 Å². The molecule has 6 nitrogen and oxygen atoms in total. The van der Waals surface area contributed by atoms with E-state index in [-0.39, 0.29) is 29.1 Å². The molecule has 0 radical (unpaired) electrons. The Morgan fingerprint density at radius 3 is 2.76 bits per heavy atom. The molecule has 1 spiro atoms. The van der Waals surface area contributed by atoms with E-state index < -0.39 is 11.4 Å². The second-order valence-corrected chi connectivity index (χ2v) is 10.3. The lowest BCUT2D eigenvalue weighted by Gasteiger charge is -2.70. The zero-order chi connectivity index (χ0) is 24.0. The van der Waals surface area contributed by atoms with Crippen LogP contribution in [0.1, 0.15) is 25.8 Å². The maximum absolute atomic E-state index is 15.4. The molecule has 2 atom stereocenters. The number of quaternary nitrogens is 1. The predicted octanol–water partition coefficient (Wildman–Crippen LogP) is 3.97.